The summed E-state index contributed by atoms with van der Waals surface area (Å²) in [6, 6.07) is 3.45. The molecule has 1 heterocycles. The maximum atomic E-state index is 11.0. The third-order valence-electron chi connectivity index (χ3n) is 2.57. The molecule has 0 spiro atoms. The Morgan fingerprint density at radius 2 is 2.07 bits per heavy atom. The first kappa shape index (κ1) is 10.1. The van der Waals surface area contributed by atoms with Gasteiger partial charge < -0.3 is 10.1 Å². The molecule has 15 heavy (non-hydrogen) atoms. The van der Waals surface area contributed by atoms with Crippen LogP contribution in [0, 0.1) is 13.8 Å². The van der Waals surface area contributed by atoms with Crippen molar-refractivity contribution in [1.82, 2.24) is 4.98 Å². The first-order valence-electron chi connectivity index (χ1n) is 4.53. The molecule has 2 rings (SSSR count). The van der Waals surface area contributed by atoms with E-state index in [1.807, 2.05) is 6.92 Å². The molecule has 0 fully saturated rings. The SMILES string of the molecule is Cc1[nH]c2c(C)c(Cl)ccc2c1C(=O)O. The van der Waals surface area contributed by atoms with Gasteiger partial charge in [-0.2, -0.15) is 0 Å². The lowest BCUT2D eigenvalue weighted by Crippen LogP contribution is -1.96. The van der Waals surface area contributed by atoms with Gasteiger partial charge in [-0.05, 0) is 25.5 Å². The Labute approximate surface area is 91.7 Å². The molecular weight excluding hydrogens is 214 g/mol. The van der Waals surface area contributed by atoms with E-state index in [0.29, 0.717) is 21.7 Å². The average molecular weight is 224 g/mol. The number of carboxylic acid groups (broad SMARTS) is 1. The summed E-state index contributed by atoms with van der Waals surface area (Å²) in [6.45, 7) is 3.61. The van der Waals surface area contributed by atoms with Gasteiger partial charge >= 0.3 is 5.97 Å². The Kier molecular flexibility index (Phi) is 2.20. The van der Waals surface area contributed by atoms with Crippen LogP contribution in [0.4, 0.5) is 0 Å². The van der Waals surface area contributed by atoms with Crippen LogP contribution in [0.3, 0.4) is 0 Å². The standard InChI is InChI=1S/C11H10ClNO2/c1-5-8(12)4-3-7-9(11(14)15)6(2)13-10(5)7/h3-4,13H,1-2H3,(H,14,15). The fourth-order valence-electron chi connectivity index (χ4n) is 1.78. The topological polar surface area (TPSA) is 53.1 Å². The van der Waals surface area contributed by atoms with E-state index in [9.17, 15) is 4.79 Å². The van der Waals surface area contributed by atoms with Gasteiger partial charge in [0.2, 0.25) is 0 Å². The third kappa shape index (κ3) is 1.39. The van der Waals surface area contributed by atoms with Crippen LogP contribution in [0.5, 0.6) is 0 Å². The first-order chi connectivity index (χ1) is 7.02. The highest BCUT2D eigenvalue weighted by Crippen LogP contribution is 2.28. The van der Waals surface area contributed by atoms with Crippen molar-refractivity contribution in [1.29, 1.82) is 0 Å². The highest BCUT2D eigenvalue weighted by molar-refractivity contribution is 6.32. The van der Waals surface area contributed by atoms with Crippen LogP contribution in [-0.4, -0.2) is 16.1 Å². The molecule has 1 aromatic heterocycles. The van der Waals surface area contributed by atoms with E-state index in [1.165, 1.54) is 0 Å². The highest BCUT2D eigenvalue weighted by atomic mass is 35.5. The van der Waals surface area contributed by atoms with Gasteiger partial charge in [0.15, 0.2) is 0 Å². The summed E-state index contributed by atoms with van der Waals surface area (Å²) in [7, 11) is 0. The number of aromatic nitrogens is 1. The van der Waals surface area contributed by atoms with Crippen molar-refractivity contribution >= 4 is 28.5 Å². The smallest absolute Gasteiger partial charge is 0.338 e. The molecule has 0 aliphatic heterocycles. The number of hydrogen-bond donors (Lipinski definition) is 2. The quantitative estimate of drug-likeness (QED) is 0.780. The summed E-state index contributed by atoms with van der Waals surface area (Å²) >= 11 is 5.96. The van der Waals surface area contributed by atoms with Crippen molar-refractivity contribution in [3.63, 3.8) is 0 Å². The minimum absolute atomic E-state index is 0.324. The van der Waals surface area contributed by atoms with Crippen LogP contribution in [0.25, 0.3) is 10.9 Å². The summed E-state index contributed by atoms with van der Waals surface area (Å²) in [5, 5.41) is 10.4. The zero-order valence-electron chi connectivity index (χ0n) is 8.39. The molecule has 4 heteroatoms. The number of H-pyrrole nitrogens is 1. The molecule has 3 nitrogen and oxygen atoms in total. The second-order valence-corrected chi connectivity index (χ2v) is 3.93. The molecule has 2 aromatic rings. The summed E-state index contributed by atoms with van der Waals surface area (Å²) in [5.74, 6) is -0.916. The van der Waals surface area contributed by atoms with Gasteiger partial charge in [-0.25, -0.2) is 4.79 Å². The fourth-order valence-corrected chi connectivity index (χ4v) is 1.94. The fraction of sp³-hybridized carbons (Fsp3) is 0.182. The predicted molar refractivity (Wildman–Crippen MR) is 59.7 cm³/mol. The molecule has 0 radical (unpaired) electrons. The van der Waals surface area contributed by atoms with Crippen LogP contribution in [0.15, 0.2) is 12.1 Å². The number of carboxylic acids is 1. The predicted octanol–water partition coefficient (Wildman–Crippen LogP) is 3.14. The van der Waals surface area contributed by atoms with Crippen molar-refractivity contribution in [2.75, 3.05) is 0 Å². The van der Waals surface area contributed by atoms with Crippen molar-refractivity contribution < 1.29 is 9.90 Å². The van der Waals surface area contributed by atoms with E-state index < -0.39 is 5.97 Å². The minimum atomic E-state index is -0.916. The van der Waals surface area contributed by atoms with Gasteiger partial charge in [-0.1, -0.05) is 17.7 Å². The monoisotopic (exact) mass is 223 g/mol. The second-order valence-electron chi connectivity index (χ2n) is 3.53. The number of halogens is 1. The van der Waals surface area contributed by atoms with E-state index in [-0.39, 0.29) is 0 Å². The van der Waals surface area contributed by atoms with Gasteiger partial charge in [0, 0.05) is 16.1 Å². The summed E-state index contributed by atoms with van der Waals surface area (Å²) in [6.07, 6.45) is 0. The summed E-state index contributed by atoms with van der Waals surface area (Å²) < 4.78 is 0. The Hall–Kier alpha value is -1.48. The molecule has 0 bridgehead atoms. The summed E-state index contributed by atoms with van der Waals surface area (Å²) in [4.78, 5) is 14.1. The van der Waals surface area contributed by atoms with Gasteiger partial charge in [0.1, 0.15) is 0 Å². The minimum Gasteiger partial charge on any atom is -0.478 e. The van der Waals surface area contributed by atoms with Gasteiger partial charge in [0.05, 0.1) is 11.1 Å². The maximum absolute atomic E-state index is 11.0. The van der Waals surface area contributed by atoms with Crippen molar-refractivity contribution in [2.24, 2.45) is 0 Å². The number of carbonyl (C=O) groups is 1. The molecular formula is C11H10ClNO2. The molecule has 0 saturated carbocycles. The van der Waals surface area contributed by atoms with Gasteiger partial charge in [-0.15, -0.1) is 0 Å². The molecule has 2 N–H and O–H groups in total. The summed E-state index contributed by atoms with van der Waals surface area (Å²) in [5.41, 5.74) is 2.66. The molecule has 0 amide bonds. The van der Waals surface area contributed by atoms with Crippen LogP contribution >= 0.6 is 11.6 Å². The lowest BCUT2D eigenvalue weighted by Gasteiger charge is -1.99. The van der Waals surface area contributed by atoms with E-state index in [2.05, 4.69) is 4.98 Å². The van der Waals surface area contributed by atoms with Gasteiger partial charge in [0.25, 0.3) is 0 Å². The molecule has 1 aromatic carbocycles. The number of aromatic carboxylic acids is 1. The maximum Gasteiger partial charge on any atom is 0.338 e. The Morgan fingerprint density at radius 3 is 2.67 bits per heavy atom. The zero-order chi connectivity index (χ0) is 11.2. The number of nitrogens with one attached hydrogen (secondary N) is 1. The molecule has 0 aliphatic rings. The van der Waals surface area contributed by atoms with E-state index in [0.717, 1.165) is 11.1 Å². The van der Waals surface area contributed by atoms with Crippen LogP contribution in [-0.2, 0) is 0 Å². The van der Waals surface area contributed by atoms with Crippen LogP contribution < -0.4 is 0 Å². The van der Waals surface area contributed by atoms with E-state index in [4.69, 9.17) is 16.7 Å². The molecule has 0 saturated heterocycles. The van der Waals surface area contributed by atoms with E-state index >= 15 is 0 Å². The van der Waals surface area contributed by atoms with E-state index in [1.54, 1.807) is 19.1 Å². The number of hydrogen-bond acceptors (Lipinski definition) is 1. The molecule has 0 unspecified atom stereocenters. The number of rotatable bonds is 1. The van der Waals surface area contributed by atoms with Gasteiger partial charge in [-0.3, -0.25) is 0 Å². The normalized spacial score (nSPS) is 10.9. The zero-order valence-corrected chi connectivity index (χ0v) is 9.14. The van der Waals surface area contributed by atoms with Crippen LogP contribution in [0.1, 0.15) is 21.6 Å². The van der Waals surface area contributed by atoms with Crippen molar-refractivity contribution in [3.8, 4) is 0 Å². The average Bonchev–Trinajstić information content (AvgIpc) is 2.49. The number of aryl methyl sites for hydroxylation is 2. The Morgan fingerprint density at radius 1 is 1.40 bits per heavy atom. The highest BCUT2D eigenvalue weighted by Gasteiger charge is 2.16. The number of aromatic amines is 1. The lowest BCUT2D eigenvalue weighted by molar-refractivity contribution is 0.0698. The van der Waals surface area contributed by atoms with Crippen molar-refractivity contribution in [3.05, 3.63) is 34.0 Å². The number of fused-ring (bicyclic) bond motifs is 1. The molecule has 78 valence electrons. The van der Waals surface area contributed by atoms with Crippen molar-refractivity contribution in [2.45, 2.75) is 13.8 Å². The Balaban J connectivity index is 2.91. The number of benzene rings is 1. The third-order valence-corrected chi connectivity index (χ3v) is 2.98. The largest absolute Gasteiger partial charge is 0.478 e. The molecule has 0 atom stereocenters. The lowest BCUT2D eigenvalue weighted by atomic mass is 10.1. The Bertz CT molecular complexity index is 557. The van der Waals surface area contributed by atoms with Crippen LogP contribution in [0.2, 0.25) is 5.02 Å². The second kappa shape index (κ2) is 3.28. The molecule has 0 aliphatic carbocycles. The first-order valence-corrected chi connectivity index (χ1v) is 4.91.